The monoisotopic (exact) mass is 544 g/mol. The Hall–Kier alpha value is -4.99. The number of anilines is 1. The standard InChI is InChI=1S/C30H29FN4O5/c1-18-26(33-30(39)40-19(2)21-7-5-4-6-8-21)27(35(3)34-18)22-11-13-23(14-12-22)28(36)32-25(29(37)38)17-20-9-15-24(31)16-10-20/h4-16,19,25H,17H2,1-3H3,(H,32,36)(H,33,39)(H,37,38)/t19-,25?/m1/s1. The zero-order valence-electron chi connectivity index (χ0n) is 22.2. The van der Waals surface area contributed by atoms with Crippen LogP contribution in [0, 0.1) is 12.7 Å². The maximum atomic E-state index is 13.2. The van der Waals surface area contributed by atoms with E-state index in [0.717, 1.165) is 5.56 Å². The first kappa shape index (κ1) is 28.0. The summed E-state index contributed by atoms with van der Waals surface area (Å²) in [5, 5.41) is 19.3. The van der Waals surface area contributed by atoms with Crippen molar-refractivity contribution < 1.29 is 28.6 Å². The zero-order valence-corrected chi connectivity index (χ0v) is 22.2. The first-order valence-corrected chi connectivity index (χ1v) is 12.6. The number of aryl methyl sites for hydroxylation is 2. The molecule has 2 amide bonds. The lowest BCUT2D eigenvalue weighted by Crippen LogP contribution is -2.42. The summed E-state index contributed by atoms with van der Waals surface area (Å²) < 4.78 is 20.3. The van der Waals surface area contributed by atoms with Crippen molar-refractivity contribution in [1.29, 1.82) is 0 Å². The minimum atomic E-state index is -1.20. The van der Waals surface area contributed by atoms with Gasteiger partial charge >= 0.3 is 12.1 Å². The molecule has 1 unspecified atom stereocenters. The average Bonchev–Trinajstić information content (AvgIpc) is 3.21. The number of aromatic nitrogens is 2. The van der Waals surface area contributed by atoms with E-state index in [4.69, 9.17) is 4.74 Å². The van der Waals surface area contributed by atoms with Gasteiger partial charge in [-0.3, -0.25) is 14.8 Å². The van der Waals surface area contributed by atoms with Gasteiger partial charge in [0.2, 0.25) is 0 Å². The third-order valence-corrected chi connectivity index (χ3v) is 6.38. The highest BCUT2D eigenvalue weighted by Gasteiger charge is 2.23. The molecule has 4 rings (SSSR count). The molecule has 9 nitrogen and oxygen atoms in total. The molecular formula is C30H29FN4O5. The summed E-state index contributed by atoms with van der Waals surface area (Å²) in [6.07, 6.45) is -1.09. The van der Waals surface area contributed by atoms with Gasteiger partial charge in [-0.15, -0.1) is 0 Å². The minimum absolute atomic E-state index is 0.00174. The van der Waals surface area contributed by atoms with E-state index in [0.29, 0.717) is 28.2 Å². The zero-order chi connectivity index (χ0) is 28.8. The van der Waals surface area contributed by atoms with Crippen molar-refractivity contribution in [2.75, 3.05) is 5.32 Å². The van der Waals surface area contributed by atoms with Crippen LogP contribution in [-0.2, 0) is 23.0 Å². The van der Waals surface area contributed by atoms with Crippen LogP contribution in [0.25, 0.3) is 11.3 Å². The number of rotatable bonds is 9. The first-order chi connectivity index (χ1) is 19.1. The van der Waals surface area contributed by atoms with E-state index in [-0.39, 0.29) is 12.0 Å². The molecule has 0 radical (unpaired) electrons. The molecule has 3 aromatic carbocycles. The fourth-order valence-electron chi connectivity index (χ4n) is 4.30. The van der Waals surface area contributed by atoms with Gasteiger partial charge in [-0.2, -0.15) is 5.10 Å². The summed E-state index contributed by atoms with van der Waals surface area (Å²) in [5.41, 5.74) is 4.01. The largest absolute Gasteiger partial charge is 0.480 e. The second-order valence-corrected chi connectivity index (χ2v) is 9.29. The van der Waals surface area contributed by atoms with Gasteiger partial charge in [0.05, 0.1) is 17.1 Å². The Labute approximate surface area is 230 Å². The maximum Gasteiger partial charge on any atom is 0.412 e. The highest BCUT2D eigenvalue weighted by molar-refractivity contribution is 5.97. The molecule has 1 heterocycles. The molecule has 0 aliphatic rings. The van der Waals surface area contributed by atoms with Crippen LogP contribution in [0.4, 0.5) is 14.9 Å². The van der Waals surface area contributed by atoms with Crippen LogP contribution in [0.5, 0.6) is 0 Å². The molecule has 40 heavy (non-hydrogen) atoms. The summed E-state index contributed by atoms with van der Waals surface area (Å²) >= 11 is 0. The number of hydrogen-bond acceptors (Lipinski definition) is 5. The predicted molar refractivity (Wildman–Crippen MR) is 147 cm³/mol. The molecule has 2 atom stereocenters. The number of halogens is 1. The van der Waals surface area contributed by atoms with Crippen LogP contribution in [0.15, 0.2) is 78.9 Å². The minimum Gasteiger partial charge on any atom is -0.480 e. The van der Waals surface area contributed by atoms with E-state index >= 15 is 0 Å². The van der Waals surface area contributed by atoms with Gasteiger partial charge in [0.15, 0.2) is 0 Å². The van der Waals surface area contributed by atoms with Gasteiger partial charge < -0.3 is 15.2 Å². The molecule has 3 N–H and O–H groups in total. The third-order valence-electron chi connectivity index (χ3n) is 6.38. The van der Waals surface area contributed by atoms with Crippen LogP contribution >= 0.6 is 0 Å². The molecule has 10 heteroatoms. The number of carbonyl (C=O) groups is 3. The van der Waals surface area contributed by atoms with Gasteiger partial charge in [0, 0.05) is 24.6 Å². The smallest absolute Gasteiger partial charge is 0.412 e. The van der Waals surface area contributed by atoms with E-state index in [1.165, 1.54) is 24.3 Å². The fraction of sp³-hybridized carbons (Fsp3) is 0.200. The number of nitrogens with one attached hydrogen (secondary N) is 2. The van der Waals surface area contributed by atoms with Crippen LogP contribution in [0.1, 0.15) is 40.2 Å². The highest BCUT2D eigenvalue weighted by atomic mass is 19.1. The number of ether oxygens (including phenoxy) is 1. The van der Waals surface area contributed by atoms with E-state index in [2.05, 4.69) is 15.7 Å². The number of carboxylic acids is 1. The molecule has 0 saturated heterocycles. The second-order valence-electron chi connectivity index (χ2n) is 9.29. The molecule has 0 fully saturated rings. The Balaban J connectivity index is 1.47. The van der Waals surface area contributed by atoms with Crippen molar-refractivity contribution >= 4 is 23.7 Å². The lowest BCUT2D eigenvalue weighted by molar-refractivity contribution is -0.139. The number of carbonyl (C=O) groups excluding carboxylic acids is 2. The normalized spacial score (nSPS) is 12.3. The number of hydrogen-bond donors (Lipinski definition) is 3. The Kier molecular flexibility index (Phi) is 8.58. The van der Waals surface area contributed by atoms with Crippen molar-refractivity contribution in [1.82, 2.24) is 15.1 Å². The van der Waals surface area contributed by atoms with Crippen LogP contribution < -0.4 is 10.6 Å². The van der Waals surface area contributed by atoms with Crippen molar-refractivity contribution in [3.8, 4) is 11.3 Å². The Morgan fingerprint density at radius 1 is 1.00 bits per heavy atom. The van der Waals surface area contributed by atoms with Crippen molar-refractivity contribution in [2.45, 2.75) is 32.4 Å². The lowest BCUT2D eigenvalue weighted by Gasteiger charge is -2.16. The predicted octanol–water partition coefficient (Wildman–Crippen LogP) is 5.27. The maximum absolute atomic E-state index is 13.2. The van der Waals surface area contributed by atoms with Crippen LogP contribution in [-0.4, -0.2) is 38.9 Å². The summed E-state index contributed by atoms with van der Waals surface area (Å²) in [6.45, 7) is 3.54. The third kappa shape index (κ3) is 6.71. The molecule has 4 aromatic rings. The van der Waals surface area contributed by atoms with E-state index in [1.807, 2.05) is 30.3 Å². The van der Waals surface area contributed by atoms with Gasteiger partial charge in [-0.1, -0.05) is 54.6 Å². The molecular weight excluding hydrogens is 515 g/mol. The summed E-state index contributed by atoms with van der Waals surface area (Å²) in [6, 6.07) is 20.1. The van der Waals surface area contributed by atoms with Crippen molar-refractivity contribution in [3.63, 3.8) is 0 Å². The second kappa shape index (κ2) is 12.2. The van der Waals surface area contributed by atoms with E-state index < -0.39 is 35.9 Å². The Morgan fingerprint density at radius 2 is 1.65 bits per heavy atom. The quantitative estimate of drug-likeness (QED) is 0.264. The van der Waals surface area contributed by atoms with Gasteiger partial charge in [0.1, 0.15) is 18.0 Å². The SMILES string of the molecule is Cc1nn(C)c(-c2ccc(C(=O)NC(Cc3ccc(F)cc3)C(=O)O)cc2)c1NC(=O)O[C@H](C)c1ccccc1. The van der Waals surface area contributed by atoms with Gasteiger partial charge in [0.25, 0.3) is 5.91 Å². The average molecular weight is 545 g/mol. The summed E-state index contributed by atoms with van der Waals surface area (Å²) in [4.78, 5) is 37.3. The first-order valence-electron chi connectivity index (χ1n) is 12.6. The summed E-state index contributed by atoms with van der Waals surface area (Å²) in [7, 11) is 1.74. The molecule has 1 aromatic heterocycles. The van der Waals surface area contributed by atoms with Crippen molar-refractivity contribution in [2.24, 2.45) is 7.05 Å². The molecule has 0 spiro atoms. The van der Waals surface area contributed by atoms with Gasteiger partial charge in [-0.25, -0.2) is 14.0 Å². The molecule has 206 valence electrons. The lowest BCUT2D eigenvalue weighted by atomic mass is 10.0. The fourth-order valence-corrected chi connectivity index (χ4v) is 4.30. The molecule has 0 saturated carbocycles. The topological polar surface area (TPSA) is 123 Å². The number of amides is 2. The number of carboxylic acid groups (broad SMARTS) is 1. The van der Waals surface area contributed by atoms with E-state index in [1.54, 1.807) is 49.8 Å². The Bertz CT molecular complexity index is 1500. The highest BCUT2D eigenvalue weighted by Crippen LogP contribution is 2.31. The number of benzene rings is 3. The molecule has 0 bridgehead atoms. The van der Waals surface area contributed by atoms with Crippen LogP contribution in [0.2, 0.25) is 0 Å². The van der Waals surface area contributed by atoms with Crippen molar-refractivity contribution in [3.05, 3.63) is 107 Å². The molecule has 0 aliphatic heterocycles. The number of aliphatic carboxylic acids is 1. The van der Waals surface area contributed by atoms with E-state index in [9.17, 15) is 23.9 Å². The number of nitrogens with zero attached hydrogens (tertiary/aromatic N) is 2. The van der Waals surface area contributed by atoms with Crippen LogP contribution in [0.3, 0.4) is 0 Å². The molecule has 0 aliphatic carbocycles. The Morgan fingerprint density at radius 3 is 2.27 bits per heavy atom. The summed E-state index contributed by atoms with van der Waals surface area (Å²) in [5.74, 6) is -2.21. The van der Waals surface area contributed by atoms with Gasteiger partial charge in [-0.05, 0) is 49.2 Å².